The normalized spacial score (nSPS) is 18.5. The van der Waals surface area contributed by atoms with Crippen molar-refractivity contribution >= 4 is 11.6 Å². The van der Waals surface area contributed by atoms with Crippen LogP contribution >= 0.6 is 0 Å². The van der Waals surface area contributed by atoms with Crippen LogP contribution in [0.25, 0.3) is 0 Å². The van der Waals surface area contributed by atoms with Gasteiger partial charge in [-0.3, -0.25) is 0 Å². The van der Waals surface area contributed by atoms with E-state index >= 15 is 0 Å². The van der Waals surface area contributed by atoms with Crippen LogP contribution in [-0.2, 0) is 13.6 Å². The highest BCUT2D eigenvalue weighted by molar-refractivity contribution is 5.50. The van der Waals surface area contributed by atoms with Crippen molar-refractivity contribution in [3.05, 3.63) is 30.6 Å². The second kappa shape index (κ2) is 6.34. The second-order valence-electron chi connectivity index (χ2n) is 6.24. The van der Waals surface area contributed by atoms with E-state index in [1.807, 2.05) is 31.1 Å². The van der Waals surface area contributed by atoms with E-state index in [2.05, 4.69) is 37.7 Å². The third-order valence-electron chi connectivity index (χ3n) is 4.31. The van der Waals surface area contributed by atoms with Gasteiger partial charge in [0.05, 0.1) is 6.54 Å². The van der Waals surface area contributed by atoms with E-state index in [9.17, 15) is 0 Å². The molecule has 0 aliphatic carbocycles. The average Bonchev–Trinajstić information content (AvgIpc) is 2.92. The highest BCUT2D eigenvalue weighted by atomic mass is 15.2. The Hall–Kier alpha value is -2.11. The minimum absolute atomic E-state index is 0.732. The summed E-state index contributed by atoms with van der Waals surface area (Å²) in [6, 6.07) is 2.08. The van der Waals surface area contributed by atoms with Crippen molar-refractivity contribution in [3.63, 3.8) is 0 Å². The first-order chi connectivity index (χ1) is 10.6. The van der Waals surface area contributed by atoms with Gasteiger partial charge in [0.15, 0.2) is 0 Å². The zero-order chi connectivity index (χ0) is 15.5. The molecule has 3 rings (SSSR count). The Kier molecular flexibility index (Phi) is 4.27. The maximum Gasteiger partial charge on any atom is 0.134 e. The Morgan fingerprint density at radius 1 is 1.32 bits per heavy atom. The van der Waals surface area contributed by atoms with Crippen LogP contribution in [0, 0.1) is 5.92 Å². The summed E-state index contributed by atoms with van der Waals surface area (Å²) in [5, 5.41) is 0. The number of rotatable bonds is 4. The lowest BCUT2D eigenvalue weighted by molar-refractivity contribution is 0.444. The topological polar surface area (TPSA) is 50.1 Å². The Morgan fingerprint density at radius 2 is 2.18 bits per heavy atom. The SMILES string of the molecule is CC1CCCN(c2cc(N(C)Cc3nccn3C)ncn2)C1. The molecule has 1 aliphatic rings. The number of imidazole rings is 1. The van der Waals surface area contributed by atoms with Gasteiger partial charge in [-0.25, -0.2) is 15.0 Å². The van der Waals surface area contributed by atoms with E-state index in [0.29, 0.717) is 0 Å². The number of hydrogen-bond donors (Lipinski definition) is 0. The number of nitrogens with zero attached hydrogens (tertiary/aromatic N) is 6. The largest absolute Gasteiger partial charge is 0.356 e. The van der Waals surface area contributed by atoms with E-state index < -0.39 is 0 Å². The van der Waals surface area contributed by atoms with Crippen LogP contribution in [0.15, 0.2) is 24.8 Å². The molecule has 0 aromatic carbocycles. The molecule has 2 aromatic heterocycles. The Morgan fingerprint density at radius 3 is 2.91 bits per heavy atom. The van der Waals surface area contributed by atoms with Gasteiger partial charge in [0.25, 0.3) is 0 Å². The summed E-state index contributed by atoms with van der Waals surface area (Å²) in [5.41, 5.74) is 0. The van der Waals surface area contributed by atoms with Crippen molar-refractivity contribution in [2.45, 2.75) is 26.3 Å². The third kappa shape index (κ3) is 3.21. The third-order valence-corrected chi connectivity index (χ3v) is 4.31. The molecule has 22 heavy (non-hydrogen) atoms. The smallest absolute Gasteiger partial charge is 0.134 e. The van der Waals surface area contributed by atoms with Crippen LogP contribution in [0.1, 0.15) is 25.6 Å². The number of anilines is 2. The second-order valence-corrected chi connectivity index (χ2v) is 6.24. The van der Waals surface area contributed by atoms with E-state index in [1.54, 1.807) is 6.33 Å². The van der Waals surface area contributed by atoms with Crippen molar-refractivity contribution < 1.29 is 0 Å². The summed E-state index contributed by atoms with van der Waals surface area (Å²) in [4.78, 5) is 17.7. The molecule has 1 saturated heterocycles. The predicted octanol–water partition coefficient (Wildman–Crippen LogP) is 2.08. The summed E-state index contributed by atoms with van der Waals surface area (Å²) in [5.74, 6) is 3.72. The maximum absolute atomic E-state index is 4.46. The van der Waals surface area contributed by atoms with Gasteiger partial charge in [-0.15, -0.1) is 0 Å². The van der Waals surface area contributed by atoms with Gasteiger partial charge >= 0.3 is 0 Å². The van der Waals surface area contributed by atoms with Gasteiger partial charge < -0.3 is 14.4 Å². The number of aromatic nitrogens is 4. The molecule has 3 heterocycles. The molecule has 1 unspecified atom stereocenters. The fraction of sp³-hybridized carbons (Fsp3) is 0.562. The predicted molar refractivity (Wildman–Crippen MR) is 88.0 cm³/mol. The van der Waals surface area contributed by atoms with E-state index in [-0.39, 0.29) is 0 Å². The van der Waals surface area contributed by atoms with Gasteiger partial charge in [-0.2, -0.15) is 0 Å². The fourth-order valence-electron chi connectivity index (χ4n) is 2.96. The lowest BCUT2D eigenvalue weighted by atomic mass is 10.0. The molecule has 0 radical (unpaired) electrons. The Balaban J connectivity index is 1.74. The van der Waals surface area contributed by atoms with Crippen LogP contribution in [0.3, 0.4) is 0 Å². The van der Waals surface area contributed by atoms with E-state index in [1.165, 1.54) is 12.8 Å². The summed E-state index contributed by atoms with van der Waals surface area (Å²) in [7, 11) is 4.05. The van der Waals surface area contributed by atoms with Crippen LogP contribution in [0.4, 0.5) is 11.6 Å². The number of hydrogen-bond acceptors (Lipinski definition) is 5. The summed E-state index contributed by atoms with van der Waals surface area (Å²) >= 11 is 0. The first-order valence-electron chi connectivity index (χ1n) is 7.88. The van der Waals surface area contributed by atoms with Crippen LogP contribution in [0.2, 0.25) is 0 Å². The minimum Gasteiger partial charge on any atom is -0.356 e. The Labute approximate surface area is 131 Å². The van der Waals surface area contributed by atoms with E-state index in [0.717, 1.165) is 43.0 Å². The lowest BCUT2D eigenvalue weighted by Gasteiger charge is -2.32. The van der Waals surface area contributed by atoms with Crippen LogP contribution < -0.4 is 9.80 Å². The molecular weight excluding hydrogens is 276 g/mol. The molecule has 6 heteroatoms. The van der Waals surface area contributed by atoms with Gasteiger partial charge in [0, 0.05) is 45.6 Å². The van der Waals surface area contributed by atoms with Gasteiger partial charge in [0.1, 0.15) is 23.8 Å². The zero-order valence-electron chi connectivity index (χ0n) is 13.6. The molecule has 1 atom stereocenters. The van der Waals surface area contributed by atoms with Crippen LogP contribution in [0.5, 0.6) is 0 Å². The maximum atomic E-state index is 4.46. The average molecular weight is 300 g/mol. The van der Waals surface area contributed by atoms with Crippen molar-refractivity contribution in [2.24, 2.45) is 13.0 Å². The molecule has 6 nitrogen and oxygen atoms in total. The highest BCUT2D eigenvalue weighted by Gasteiger charge is 2.18. The Bertz CT molecular complexity index is 623. The zero-order valence-corrected chi connectivity index (χ0v) is 13.6. The molecule has 0 amide bonds. The van der Waals surface area contributed by atoms with Crippen molar-refractivity contribution in [1.29, 1.82) is 0 Å². The molecule has 2 aromatic rings. The van der Waals surface area contributed by atoms with Gasteiger partial charge in [-0.1, -0.05) is 6.92 Å². The molecule has 0 saturated carbocycles. The van der Waals surface area contributed by atoms with Crippen molar-refractivity contribution in [1.82, 2.24) is 19.5 Å². The molecular formula is C16H24N6. The fourth-order valence-corrected chi connectivity index (χ4v) is 2.96. The molecule has 0 bridgehead atoms. The highest BCUT2D eigenvalue weighted by Crippen LogP contribution is 2.23. The summed E-state index contributed by atoms with van der Waals surface area (Å²) in [6.07, 6.45) is 8.00. The van der Waals surface area contributed by atoms with Crippen molar-refractivity contribution in [2.75, 3.05) is 29.9 Å². The molecule has 0 spiro atoms. The van der Waals surface area contributed by atoms with Gasteiger partial charge in [-0.05, 0) is 18.8 Å². The molecule has 1 aliphatic heterocycles. The number of piperidine rings is 1. The molecule has 0 N–H and O–H groups in total. The first-order valence-corrected chi connectivity index (χ1v) is 7.88. The lowest BCUT2D eigenvalue weighted by Crippen LogP contribution is -2.35. The van der Waals surface area contributed by atoms with Crippen molar-refractivity contribution in [3.8, 4) is 0 Å². The standard InChI is InChI=1S/C16H24N6/c1-13-5-4-7-22(10-13)15-9-14(18-12-19-15)21(3)11-16-17-6-8-20(16)2/h6,8-9,12-13H,4-5,7,10-11H2,1-3H3. The van der Waals surface area contributed by atoms with E-state index in [4.69, 9.17) is 0 Å². The minimum atomic E-state index is 0.732. The number of aryl methyl sites for hydroxylation is 1. The van der Waals surface area contributed by atoms with Gasteiger partial charge in [0.2, 0.25) is 0 Å². The molecule has 118 valence electrons. The first kappa shape index (κ1) is 14.8. The van der Waals surface area contributed by atoms with Crippen LogP contribution in [-0.4, -0.2) is 39.7 Å². The summed E-state index contributed by atoms with van der Waals surface area (Å²) < 4.78 is 2.03. The summed E-state index contributed by atoms with van der Waals surface area (Å²) in [6.45, 7) is 5.21. The quantitative estimate of drug-likeness (QED) is 0.865. The molecule has 1 fully saturated rings. The monoisotopic (exact) mass is 300 g/mol.